The number of likely N-dealkylation sites (N-methyl/N-ethyl adjacent to an activating group) is 1. The van der Waals surface area contributed by atoms with Gasteiger partial charge in [-0.2, -0.15) is 0 Å². The van der Waals surface area contributed by atoms with Crippen LogP contribution in [0, 0.1) is 11.7 Å². The van der Waals surface area contributed by atoms with E-state index < -0.39 is 0 Å². The molecule has 18 heavy (non-hydrogen) atoms. The number of hydrogen-bond acceptors (Lipinski definition) is 2. The van der Waals surface area contributed by atoms with Gasteiger partial charge in [0.15, 0.2) is 0 Å². The molecule has 0 radical (unpaired) electrons. The molecular formula is C14H19ClFNO. The fourth-order valence-electron chi connectivity index (χ4n) is 2.57. The number of nitrogens with one attached hydrogen (secondary N) is 1. The minimum absolute atomic E-state index is 0.254. The monoisotopic (exact) mass is 271 g/mol. The maximum atomic E-state index is 13.4. The lowest BCUT2D eigenvalue weighted by Gasteiger charge is -2.30. The van der Waals surface area contributed by atoms with Crippen molar-refractivity contribution in [3.63, 3.8) is 0 Å². The fourth-order valence-corrected chi connectivity index (χ4v) is 2.77. The Balaban J connectivity index is 2.07. The second-order valence-corrected chi connectivity index (χ2v) is 5.14. The molecule has 1 N–H and O–H groups in total. The summed E-state index contributed by atoms with van der Waals surface area (Å²) in [5.74, 6) is 0.235. The molecule has 1 atom stereocenters. The first kappa shape index (κ1) is 13.8. The van der Waals surface area contributed by atoms with E-state index in [4.69, 9.17) is 16.3 Å². The average Bonchev–Trinajstić information content (AvgIpc) is 2.41. The molecule has 4 heteroatoms. The maximum absolute atomic E-state index is 13.4. The highest BCUT2D eigenvalue weighted by Crippen LogP contribution is 2.25. The molecule has 0 bridgehead atoms. The van der Waals surface area contributed by atoms with Crippen molar-refractivity contribution in [2.75, 3.05) is 20.3 Å². The Morgan fingerprint density at radius 3 is 2.83 bits per heavy atom. The Labute approximate surface area is 112 Å². The molecule has 1 saturated heterocycles. The molecular weight excluding hydrogens is 253 g/mol. The minimum atomic E-state index is -0.337. The molecule has 1 aromatic carbocycles. The third kappa shape index (κ3) is 3.22. The van der Waals surface area contributed by atoms with E-state index in [1.165, 1.54) is 6.07 Å². The van der Waals surface area contributed by atoms with Crippen LogP contribution < -0.4 is 5.32 Å². The van der Waals surface area contributed by atoms with Gasteiger partial charge < -0.3 is 10.1 Å². The van der Waals surface area contributed by atoms with E-state index in [-0.39, 0.29) is 10.8 Å². The standard InChI is InChI=1S/C14H19ClFNO/c1-17-13(10-5-7-18-8-6-10)9-11-3-2-4-12(16)14(11)15/h2-4,10,13,17H,5-9H2,1H3. The summed E-state index contributed by atoms with van der Waals surface area (Å²) in [6.07, 6.45) is 2.87. The Bertz CT molecular complexity index is 393. The van der Waals surface area contributed by atoms with Crippen LogP contribution in [0.4, 0.5) is 4.39 Å². The highest BCUT2D eigenvalue weighted by Gasteiger charge is 2.23. The molecule has 1 aromatic rings. The first-order valence-corrected chi connectivity index (χ1v) is 6.78. The molecule has 1 aliphatic heterocycles. The molecule has 0 spiro atoms. The number of hydrogen-bond donors (Lipinski definition) is 1. The highest BCUT2D eigenvalue weighted by molar-refractivity contribution is 6.31. The molecule has 1 aliphatic rings. The molecule has 2 rings (SSSR count). The van der Waals surface area contributed by atoms with Gasteiger partial charge in [-0.05, 0) is 43.9 Å². The van der Waals surface area contributed by atoms with E-state index in [2.05, 4.69) is 5.32 Å². The third-order valence-electron chi connectivity index (χ3n) is 3.68. The predicted octanol–water partition coefficient (Wildman–Crippen LogP) is 3.04. The largest absolute Gasteiger partial charge is 0.381 e. The Kier molecular flexibility index (Phi) is 4.98. The lowest BCUT2D eigenvalue weighted by atomic mass is 9.88. The van der Waals surface area contributed by atoms with Gasteiger partial charge >= 0.3 is 0 Å². The smallest absolute Gasteiger partial charge is 0.142 e. The molecule has 1 unspecified atom stereocenters. The maximum Gasteiger partial charge on any atom is 0.142 e. The van der Waals surface area contributed by atoms with E-state index in [9.17, 15) is 4.39 Å². The molecule has 0 aliphatic carbocycles. The van der Waals surface area contributed by atoms with Crippen molar-refractivity contribution in [2.45, 2.75) is 25.3 Å². The van der Waals surface area contributed by atoms with Crippen LogP contribution >= 0.6 is 11.6 Å². The molecule has 0 saturated carbocycles. The lowest BCUT2D eigenvalue weighted by Crippen LogP contribution is -2.38. The van der Waals surface area contributed by atoms with Crippen LogP contribution in [0.5, 0.6) is 0 Å². The van der Waals surface area contributed by atoms with Gasteiger partial charge in [-0.25, -0.2) is 4.39 Å². The van der Waals surface area contributed by atoms with Crippen LogP contribution in [0.2, 0.25) is 5.02 Å². The van der Waals surface area contributed by atoms with Crippen LogP contribution in [0.25, 0.3) is 0 Å². The molecule has 2 nitrogen and oxygen atoms in total. The van der Waals surface area contributed by atoms with E-state index in [0.29, 0.717) is 12.0 Å². The van der Waals surface area contributed by atoms with Crippen LogP contribution in [0.15, 0.2) is 18.2 Å². The normalized spacial score (nSPS) is 18.8. The first-order valence-electron chi connectivity index (χ1n) is 6.40. The Morgan fingerprint density at radius 2 is 2.17 bits per heavy atom. The van der Waals surface area contributed by atoms with Gasteiger partial charge in [0.25, 0.3) is 0 Å². The Hall–Kier alpha value is -0.640. The number of halogens is 2. The van der Waals surface area contributed by atoms with Crippen molar-refractivity contribution in [3.05, 3.63) is 34.6 Å². The Morgan fingerprint density at radius 1 is 1.44 bits per heavy atom. The van der Waals surface area contributed by atoms with Crippen LogP contribution in [-0.2, 0) is 11.2 Å². The van der Waals surface area contributed by atoms with Gasteiger partial charge in [0.05, 0.1) is 5.02 Å². The topological polar surface area (TPSA) is 21.3 Å². The van der Waals surface area contributed by atoms with Crippen molar-refractivity contribution in [3.8, 4) is 0 Å². The predicted molar refractivity (Wildman–Crippen MR) is 71.5 cm³/mol. The zero-order valence-electron chi connectivity index (χ0n) is 10.6. The summed E-state index contributed by atoms with van der Waals surface area (Å²) in [5.41, 5.74) is 0.877. The molecule has 0 aromatic heterocycles. The summed E-state index contributed by atoms with van der Waals surface area (Å²) in [6.45, 7) is 1.64. The number of ether oxygens (including phenoxy) is 1. The second-order valence-electron chi connectivity index (χ2n) is 4.76. The summed E-state index contributed by atoms with van der Waals surface area (Å²) in [7, 11) is 1.95. The van der Waals surface area contributed by atoms with E-state index in [0.717, 1.165) is 38.0 Å². The first-order chi connectivity index (χ1) is 8.72. The van der Waals surface area contributed by atoms with E-state index in [1.54, 1.807) is 6.07 Å². The second kappa shape index (κ2) is 6.50. The van der Waals surface area contributed by atoms with Crippen molar-refractivity contribution in [2.24, 2.45) is 5.92 Å². The summed E-state index contributed by atoms with van der Waals surface area (Å²) < 4.78 is 18.8. The summed E-state index contributed by atoms with van der Waals surface area (Å²) in [6, 6.07) is 5.34. The molecule has 0 amide bonds. The molecule has 100 valence electrons. The van der Waals surface area contributed by atoms with Crippen molar-refractivity contribution >= 4 is 11.6 Å². The van der Waals surface area contributed by atoms with Crippen LogP contribution in [0.3, 0.4) is 0 Å². The lowest BCUT2D eigenvalue weighted by molar-refractivity contribution is 0.0547. The van der Waals surface area contributed by atoms with Gasteiger partial charge in [0.1, 0.15) is 5.82 Å². The fraction of sp³-hybridized carbons (Fsp3) is 0.571. The summed E-state index contributed by atoms with van der Waals surface area (Å²) >= 11 is 6.01. The molecule has 1 fully saturated rings. The van der Waals surface area contributed by atoms with Crippen molar-refractivity contribution < 1.29 is 9.13 Å². The van der Waals surface area contributed by atoms with E-state index in [1.807, 2.05) is 13.1 Å². The van der Waals surface area contributed by atoms with Gasteiger partial charge in [-0.3, -0.25) is 0 Å². The molecule has 1 heterocycles. The number of rotatable bonds is 4. The zero-order chi connectivity index (χ0) is 13.0. The average molecular weight is 272 g/mol. The van der Waals surface area contributed by atoms with Gasteiger partial charge in [-0.15, -0.1) is 0 Å². The van der Waals surface area contributed by atoms with Gasteiger partial charge in [0.2, 0.25) is 0 Å². The third-order valence-corrected chi connectivity index (χ3v) is 4.10. The van der Waals surface area contributed by atoms with Crippen LogP contribution in [-0.4, -0.2) is 26.3 Å². The van der Waals surface area contributed by atoms with Gasteiger partial charge in [0, 0.05) is 19.3 Å². The highest BCUT2D eigenvalue weighted by atomic mass is 35.5. The minimum Gasteiger partial charge on any atom is -0.381 e. The van der Waals surface area contributed by atoms with E-state index >= 15 is 0 Å². The van der Waals surface area contributed by atoms with Crippen molar-refractivity contribution in [1.82, 2.24) is 5.32 Å². The SMILES string of the molecule is CNC(Cc1cccc(F)c1Cl)C1CCOCC1. The van der Waals surface area contributed by atoms with Crippen LogP contribution in [0.1, 0.15) is 18.4 Å². The van der Waals surface area contributed by atoms with Crippen molar-refractivity contribution in [1.29, 1.82) is 0 Å². The zero-order valence-corrected chi connectivity index (χ0v) is 11.3. The van der Waals surface area contributed by atoms with Gasteiger partial charge in [-0.1, -0.05) is 23.7 Å². The quantitative estimate of drug-likeness (QED) is 0.909. The number of benzene rings is 1. The summed E-state index contributed by atoms with van der Waals surface area (Å²) in [5, 5.41) is 3.58. The summed E-state index contributed by atoms with van der Waals surface area (Å²) in [4.78, 5) is 0.